The Morgan fingerprint density at radius 2 is 2.00 bits per heavy atom. The molecule has 0 heterocycles. The highest BCUT2D eigenvalue weighted by atomic mass is 35.5. The van der Waals surface area contributed by atoms with E-state index in [2.05, 4.69) is 12.1 Å². The number of hydrogen-bond donors (Lipinski definition) is 1. The molecule has 2 nitrogen and oxygen atoms in total. The number of hydrogen-bond acceptors (Lipinski definition) is 2. The van der Waals surface area contributed by atoms with E-state index in [-0.39, 0.29) is 12.4 Å². The maximum Gasteiger partial charge on any atom is 0.0716 e. The Hall–Kier alpha value is -0.570. The van der Waals surface area contributed by atoms with Crippen LogP contribution in [0.15, 0.2) is 24.3 Å². The van der Waals surface area contributed by atoms with Gasteiger partial charge < -0.3 is 10.5 Å². The lowest BCUT2D eigenvalue weighted by atomic mass is 10.1. The molecular weight excluding hydrogens is 186 g/mol. The summed E-state index contributed by atoms with van der Waals surface area (Å²) in [5.41, 5.74) is 7.86. The first-order valence-corrected chi connectivity index (χ1v) is 4.22. The Bertz CT molecular complexity index is 240. The fourth-order valence-corrected chi connectivity index (χ4v) is 1.07. The van der Waals surface area contributed by atoms with E-state index in [4.69, 9.17) is 10.5 Å². The molecule has 0 bridgehead atoms. The topological polar surface area (TPSA) is 35.2 Å². The predicted molar refractivity (Wildman–Crippen MR) is 56.9 cm³/mol. The quantitative estimate of drug-likeness (QED) is 0.810. The van der Waals surface area contributed by atoms with Crippen LogP contribution in [0.25, 0.3) is 0 Å². The minimum Gasteiger partial charge on any atom is -0.377 e. The van der Waals surface area contributed by atoms with E-state index in [1.807, 2.05) is 19.1 Å². The smallest absolute Gasteiger partial charge is 0.0716 e. The van der Waals surface area contributed by atoms with Gasteiger partial charge in [-0.05, 0) is 18.1 Å². The van der Waals surface area contributed by atoms with Gasteiger partial charge >= 0.3 is 0 Å². The fourth-order valence-electron chi connectivity index (χ4n) is 1.07. The van der Waals surface area contributed by atoms with Crippen LogP contribution < -0.4 is 5.73 Å². The average molecular weight is 202 g/mol. The summed E-state index contributed by atoms with van der Waals surface area (Å²) < 4.78 is 5.28. The predicted octanol–water partition coefficient (Wildman–Crippen LogP) is 2.10. The van der Waals surface area contributed by atoms with E-state index in [9.17, 15) is 0 Å². The number of halogens is 1. The van der Waals surface area contributed by atoms with E-state index in [0.29, 0.717) is 13.2 Å². The third-order valence-corrected chi connectivity index (χ3v) is 1.70. The summed E-state index contributed by atoms with van der Waals surface area (Å²) in [5.74, 6) is 0. The zero-order valence-electron chi connectivity index (χ0n) is 7.82. The zero-order valence-corrected chi connectivity index (χ0v) is 8.64. The Morgan fingerprint density at radius 1 is 1.31 bits per heavy atom. The van der Waals surface area contributed by atoms with Gasteiger partial charge in [-0.15, -0.1) is 12.4 Å². The molecule has 0 aromatic heterocycles. The molecule has 0 spiro atoms. The minimum atomic E-state index is 0. The van der Waals surface area contributed by atoms with Gasteiger partial charge in [0, 0.05) is 13.2 Å². The van der Waals surface area contributed by atoms with Crippen molar-refractivity contribution in [1.29, 1.82) is 0 Å². The molecule has 1 aromatic carbocycles. The highest BCUT2D eigenvalue weighted by Crippen LogP contribution is 2.05. The fraction of sp³-hybridized carbons (Fsp3) is 0.400. The molecular formula is C10H16ClNO. The second-order valence-corrected chi connectivity index (χ2v) is 2.66. The van der Waals surface area contributed by atoms with Gasteiger partial charge in [-0.25, -0.2) is 0 Å². The monoisotopic (exact) mass is 201 g/mol. The van der Waals surface area contributed by atoms with E-state index in [0.717, 1.165) is 12.2 Å². The molecule has 0 saturated heterocycles. The Kier molecular flexibility index (Phi) is 6.59. The molecule has 1 rings (SSSR count). The number of rotatable bonds is 4. The van der Waals surface area contributed by atoms with E-state index >= 15 is 0 Å². The van der Waals surface area contributed by atoms with Gasteiger partial charge in [0.05, 0.1) is 6.61 Å². The van der Waals surface area contributed by atoms with Gasteiger partial charge in [0.2, 0.25) is 0 Å². The highest BCUT2D eigenvalue weighted by Gasteiger charge is 1.93. The van der Waals surface area contributed by atoms with E-state index in [1.54, 1.807) is 0 Å². The Balaban J connectivity index is 0.00000144. The van der Waals surface area contributed by atoms with E-state index in [1.165, 1.54) is 5.56 Å². The average Bonchev–Trinajstić information content (AvgIpc) is 2.15. The van der Waals surface area contributed by atoms with Crippen LogP contribution in [0.5, 0.6) is 0 Å². The summed E-state index contributed by atoms with van der Waals surface area (Å²) in [6, 6.07) is 8.16. The molecule has 0 aliphatic rings. The highest BCUT2D eigenvalue weighted by molar-refractivity contribution is 5.85. The van der Waals surface area contributed by atoms with Crippen LogP contribution in [0, 0.1) is 0 Å². The minimum absolute atomic E-state index is 0. The second-order valence-electron chi connectivity index (χ2n) is 2.66. The zero-order chi connectivity index (χ0) is 8.81. The van der Waals surface area contributed by atoms with Crippen molar-refractivity contribution in [2.45, 2.75) is 20.1 Å². The van der Waals surface area contributed by atoms with Crippen LogP contribution in [0.1, 0.15) is 18.1 Å². The van der Waals surface area contributed by atoms with Crippen molar-refractivity contribution in [3.8, 4) is 0 Å². The normalized spacial score (nSPS) is 9.38. The first kappa shape index (κ1) is 12.4. The van der Waals surface area contributed by atoms with Crippen molar-refractivity contribution < 1.29 is 4.74 Å². The molecule has 3 heteroatoms. The summed E-state index contributed by atoms with van der Waals surface area (Å²) in [7, 11) is 0. The second kappa shape index (κ2) is 6.89. The molecule has 0 radical (unpaired) electrons. The van der Waals surface area contributed by atoms with Crippen molar-refractivity contribution >= 4 is 12.4 Å². The molecule has 0 aliphatic heterocycles. The van der Waals surface area contributed by atoms with Gasteiger partial charge in [0.15, 0.2) is 0 Å². The molecule has 2 N–H and O–H groups in total. The van der Waals surface area contributed by atoms with Gasteiger partial charge in [0.25, 0.3) is 0 Å². The van der Waals surface area contributed by atoms with Crippen LogP contribution >= 0.6 is 12.4 Å². The van der Waals surface area contributed by atoms with Crippen LogP contribution in [0.4, 0.5) is 0 Å². The number of nitrogens with two attached hydrogens (primary N) is 1. The maximum absolute atomic E-state index is 5.51. The van der Waals surface area contributed by atoms with Crippen molar-refractivity contribution in [3.63, 3.8) is 0 Å². The van der Waals surface area contributed by atoms with Gasteiger partial charge in [-0.1, -0.05) is 24.3 Å². The van der Waals surface area contributed by atoms with Crippen LogP contribution in [-0.4, -0.2) is 6.61 Å². The van der Waals surface area contributed by atoms with Crippen molar-refractivity contribution in [3.05, 3.63) is 35.4 Å². The largest absolute Gasteiger partial charge is 0.377 e. The van der Waals surface area contributed by atoms with Gasteiger partial charge in [-0.2, -0.15) is 0 Å². The first-order chi connectivity index (χ1) is 5.86. The number of benzene rings is 1. The third-order valence-electron chi connectivity index (χ3n) is 1.70. The molecule has 13 heavy (non-hydrogen) atoms. The summed E-state index contributed by atoms with van der Waals surface area (Å²) in [6.45, 7) is 4.03. The first-order valence-electron chi connectivity index (χ1n) is 4.22. The van der Waals surface area contributed by atoms with Crippen LogP contribution in [0.2, 0.25) is 0 Å². The van der Waals surface area contributed by atoms with E-state index < -0.39 is 0 Å². The molecule has 74 valence electrons. The van der Waals surface area contributed by atoms with Crippen molar-refractivity contribution in [2.75, 3.05) is 6.61 Å². The van der Waals surface area contributed by atoms with Gasteiger partial charge in [-0.3, -0.25) is 0 Å². The molecule has 0 saturated carbocycles. The molecule has 0 fully saturated rings. The molecule has 0 atom stereocenters. The Morgan fingerprint density at radius 3 is 2.62 bits per heavy atom. The lowest BCUT2D eigenvalue weighted by molar-refractivity contribution is 0.134. The third kappa shape index (κ3) is 4.27. The summed E-state index contributed by atoms with van der Waals surface area (Å²) in [4.78, 5) is 0. The molecule has 0 amide bonds. The van der Waals surface area contributed by atoms with Crippen molar-refractivity contribution in [2.24, 2.45) is 5.73 Å². The SMILES string of the molecule is CCOCc1cccc(CN)c1.Cl. The standard InChI is InChI=1S/C10H15NO.ClH/c1-2-12-8-10-5-3-4-9(6-10)7-11;/h3-6H,2,7-8,11H2,1H3;1H. The molecule has 1 aromatic rings. The van der Waals surface area contributed by atoms with Crippen molar-refractivity contribution in [1.82, 2.24) is 0 Å². The van der Waals surface area contributed by atoms with Gasteiger partial charge in [0.1, 0.15) is 0 Å². The van der Waals surface area contributed by atoms with Crippen LogP contribution in [0.3, 0.4) is 0 Å². The Labute approximate surface area is 85.5 Å². The lowest BCUT2D eigenvalue weighted by Gasteiger charge is -2.03. The lowest BCUT2D eigenvalue weighted by Crippen LogP contribution is -1.98. The molecule has 0 aliphatic carbocycles. The summed E-state index contributed by atoms with van der Waals surface area (Å²) in [5, 5.41) is 0. The summed E-state index contributed by atoms with van der Waals surface area (Å²) >= 11 is 0. The van der Waals surface area contributed by atoms with Crippen LogP contribution in [-0.2, 0) is 17.9 Å². The summed E-state index contributed by atoms with van der Waals surface area (Å²) in [6.07, 6.45) is 0. The maximum atomic E-state index is 5.51. The molecule has 0 unspecified atom stereocenters. The number of ether oxygens (including phenoxy) is 1.